The van der Waals surface area contributed by atoms with Gasteiger partial charge in [-0.15, -0.1) is 0 Å². The van der Waals surface area contributed by atoms with Crippen LogP contribution in [0.1, 0.15) is 22.9 Å². The lowest BCUT2D eigenvalue weighted by molar-refractivity contribution is 0.371. The van der Waals surface area contributed by atoms with Gasteiger partial charge in [-0.05, 0) is 24.1 Å². The molecule has 0 spiro atoms. The largest absolute Gasteiger partial charge is 0.384 e. The summed E-state index contributed by atoms with van der Waals surface area (Å²) in [6.45, 7) is 0.680. The van der Waals surface area contributed by atoms with Crippen LogP contribution in [-0.4, -0.2) is 6.54 Å². The molecule has 0 bridgehead atoms. The zero-order valence-electron chi connectivity index (χ0n) is 10.4. The van der Waals surface area contributed by atoms with Crippen molar-refractivity contribution < 1.29 is 17.6 Å². The molecule has 2 aromatic rings. The summed E-state index contributed by atoms with van der Waals surface area (Å²) in [7, 11) is 0. The Hall–Kier alpha value is -2.04. The summed E-state index contributed by atoms with van der Waals surface area (Å²) in [6, 6.07) is 6.71. The van der Waals surface area contributed by atoms with E-state index >= 15 is 0 Å². The maximum atomic E-state index is 14.5. The number of alkyl halides is 1. The number of hydrogen-bond donors (Lipinski definition) is 1. The van der Waals surface area contributed by atoms with Crippen LogP contribution < -0.4 is 5.32 Å². The highest BCUT2D eigenvalue weighted by Gasteiger charge is 2.26. The first-order valence-corrected chi connectivity index (χ1v) is 6.22. The van der Waals surface area contributed by atoms with Crippen molar-refractivity contribution in [3.63, 3.8) is 0 Å². The maximum absolute atomic E-state index is 14.5. The van der Waals surface area contributed by atoms with Gasteiger partial charge < -0.3 is 5.32 Å². The molecule has 0 fully saturated rings. The molecule has 5 heteroatoms. The van der Waals surface area contributed by atoms with Gasteiger partial charge in [-0.3, -0.25) is 0 Å². The minimum atomic E-state index is -1.84. The van der Waals surface area contributed by atoms with Crippen LogP contribution in [0, 0.1) is 17.5 Å². The average molecular weight is 281 g/mol. The van der Waals surface area contributed by atoms with E-state index in [2.05, 4.69) is 5.32 Å². The monoisotopic (exact) mass is 281 g/mol. The second kappa shape index (κ2) is 4.81. The van der Waals surface area contributed by atoms with E-state index in [1.807, 2.05) is 6.07 Å². The molecule has 0 saturated carbocycles. The zero-order valence-corrected chi connectivity index (χ0v) is 10.4. The normalized spacial score (nSPS) is 14.8. The second-order valence-electron chi connectivity index (χ2n) is 4.69. The Morgan fingerprint density at radius 1 is 0.950 bits per heavy atom. The van der Waals surface area contributed by atoms with Crippen LogP contribution >= 0.6 is 0 Å². The van der Waals surface area contributed by atoms with E-state index in [1.165, 1.54) is 6.07 Å². The third-order valence-electron chi connectivity index (χ3n) is 3.49. The van der Waals surface area contributed by atoms with Gasteiger partial charge in [-0.25, -0.2) is 17.6 Å². The highest BCUT2D eigenvalue weighted by Crippen LogP contribution is 2.37. The first-order valence-electron chi connectivity index (χ1n) is 6.22. The number of fused-ring (bicyclic) bond motifs is 1. The summed E-state index contributed by atoms with van der Waals surface area (Å²) >= 11 is 0. The first kappa shape index (κ1) is 13.0. The molecule has 0 aromatic heterocycles. The second-order valence-corrected chi connectivity index (χ2v) is 4.69. The first-order chi connectivity index (χ1) is 9.59. The van der Waals surface area contributed by atoms with Crippen molar-refractivity contribution in [1.29, 1.82) is 0 Å². The Labute approximate surface area is 113 Å². The highest BCUT2D eigenvalue weighted by atomic mass is 19.2. The van der Waals surface area contributed by atoms with Gasteiger partial charge in [0.2, 0.25) is 0 Å². The molecule has 1 heterocycles. The van der Waals surface area contributed by atoms with E-state index in [9.17, 15) is 17.6 Å². The minimum Gasteiger partial charge on any atom is -0.384 e. The van der Waals surface area contributed by atoms with Crippen LogP contribution in [0.4, 0.5) is 23.2 Å². The third-order valence-corrected chi connectivity index (χ3v) is 3.49. The number of nitrogens with one attached hydrogen (secondary N) is 1. The van der Waals surface area contributed by atoms with Crippen LogP contribution in [0.2, 0.25) is 0 Å². The van der Waals surface area contributed by atoms with Crippen molar-refractivity contribution in [2.75, 3.05) is 11.9 Å². The van der Waals surface area contributed by atoms with Gasteiger partial charge in [-0.2, -0.15) is 0 Å². The molecular weight excluding hydrogens is 270 g/mol. The highest BCUT2D eigenvalue weighted by molar-refractivity contribution is 5.63. The Kier molecular flexibility index (Phi) is 3.12. The molecule has 1 unspecified atom stereocenters. The minimum absolute atomic E-state index is 0.241. The Balaban J connectivity index is 2.08. The fourth-order valence-electron chi connectivity index (χ4n) is 2.48. The lowest BCUT2D eigenvalue weighted by atomic mass is 9.98. The number of hydrogen-bond acceptors (Lipinski definition) is 1. The van der Waals surface area contributed by atoms with Crippen LogP contribution in [-0.2, 0) is 6.42 Å². The molecule has 0 radical (unpaired) electrons. The molecule has 1 N–H and O–H groups in total. The molecule has 0 amide bonds. The van der Waals surface area contributed by atoms with Gasteiger partial charge in [-0.1, -0.05) is 18.2 Å². The lowest BCUT2D eigenvalue weighted by Crippen LogP contribution is -2.05. The van der Waals surface area contributed by atoms with Crippen molar-refractivity contribution in [3.05, 3.63) is 64.5 Å². The van der Waals surface area contributed by atoms with Gasteiger partial charge in [0.25, 0.3) is 0 Å². The molecule has 104 valence electrons. The maximum Gasteiger partial charge on any atom is 0.194 e. The van der Waals surface area contributed by atoms with Gasteiger partial charge in [0.05, 0.1) is 0 Å². The van der Waals surface area contributed by atoms with Crippen molar-refractivity contribution in [1.82, 2.24) is 0 Å². The van der Waals surface area contributed by atoms with E-state index in [0.29, 0.717) is 12.2 Å². The smallest absolute Gasteiger partial charge is 0.194 e. The van der Waals surface area contributed by atoms with Gasteiger partial charge in [0, 0.05) is 23.4 Å². The predicted octanol–water partition coefficient (Wildman–Crippen LogP) is 4.13. The zero-order chi connectivity index (χ0) is 14.3. The van der Waals surface area contributed by atoms with Crippen LogP contribution in [0.15, 0.2) is 30.3 Å². The molecule has 1 aliphatic heterocycles. The summed E-state index contributed by atoms with van der Waals surface area (Å²) in [6.07, 6.45) is -1.08. The standard InChI is InChI=1S/C15H11F4N/c16-11-5-4-9(13(18)14(11)19)12(17)10-3-1-2-8-6-7-20-15(8)10/h1-5,12,20H,6-7H2. The average Bonchev–Trinajstić information content (AvgIpc) is 2.92. The molecule has 3 rings (SSSR count). The van der Waals surface area contributed by atoms with Crippen molar-refractivity contribution in [2.24, 2.45) is 0 Å². The topological polar surface area (TPSA) is 12.0 Å². The lowest BCUT2D eigenvalue weighted by Gasteiger charge is -2.14. The van der Waals surface area contributed by atoms with Crippen molar-refractivity contribution in [3.8, 4) is 0 Å². The summed E-state index contributed by atoms with van der Waals surface area (Å²) in [4.78, 5) is 0. The van der Waals surface area contributed by atoms with Gasteiger partial charge in [0.15, 0.2) is 23.6 Å². The molecule has 1 atom stereocenters. The number of para-hydroxylation sites is 1. The molecule has 0 saturated heterocycles. The van der Waals surface area contributed by atoms with Gasteiger partial charge >= 0.3 is 0 Å². The van der Waals surface area contributed by atoms with Crippen LogP contribution in [0.25, 0.3) is 0 Å². The predicted molar refractivity (Wildman–Crippen MR) is 67.9 cm³/mol. The fourth-order valence-corrected chi connectivity index (χ4v) is 2.48. The number of rotatable bonds is 2. The Morgan fingerprint density at radius 3 is 2.55 bits per heavy atom. The van der Waals surface area contributed by atoms with Crippen LogP contribution in [0.3, 0.4) is 0 Å². The van der Waals surface area contributed by atoms with Crippen molar-refractivity contribution >= 4 is 5.69 Å². The van der Waals surface area contributed by atoms with E-state index < -0.39 is 29.2 Å². The summed E-state index contributed by atoms with van der Waals surface area (Å²) in [5.74, 6) is -4.45. The summed E-state index contributed by atoms with van der Waals surface area (Å²) in [5, 5.41) is 3.03. The van der Waals surface area contributed by atoms with Crippen LogP contribution in [0.5, 0.6) is 0 Å². The third kappa shape index (κ3) is 1.94. The summed E-state index contributed by atoms with van der Waals surface area (Å²) < 4.78 is 54.3. The molecule has 1 aliphatic rings. The van der Waals surface area contributed by atoms with E-state index in [0.717, 1.165) is 24.1 Å². The summed E-state index contributed by atoms with van der Waals surface area (Å²) in [5.41, 5.74) is 1.30. The Morgan fingerprint density at radius 2 is 1.75 bits per heavy atom. The van der Waals surface area contributed by atoms with E-state index in [4.69, 9.17) is 0 Å². The number of anilines is 1. The quantitative estimate of drug-likeness (QED) is 0.644. The Bertz CT molecular complexity index is 669. The SMILES string of the molecule is Fc1ccc(C(F)c2cccc3c2NCC3)c(F)c1F. The van der Waals surface area contributed by atoms with Crippen molar-refractivity contribution in [2.45, 2.75) is 12.6 Å². The molecule has 2 aromatic carbocycles. The molecular formula is C15H11F4N. The fraction of sp³-hybridized carbons (Fsp3) is 0.200. The number of halogens is 4. The van der Waals surface area contributed by atoms with Gasteiger partial charge in [0.1, 0.15) is 0 Å². The van der Waals surface area contributed by atoms with E-state index in [-0.39, 0.29) is 5.56 Å². The molecule has 20 heavy (non-hydrogen) atoms. The number of benzene rings is 2. The van der Waals surface area contributed by atoms with E-state index in [1.54, 1.807) is 6.07 Å². The molecule has 1 nitrogen and oxygen atoms in total. The molecule has 0 aliphatic carbocycles.